The van der Waals surface area contributed by atoms with Crippen molar-refractivity contribution in [1.29, 1.82) is 0 Å². The maximum absolute atomic E-state index is 10.8. The summed E-state index contributed by atoms with van der Waals surface area (Å²) in [5.74, 6) is 1.17. The SMILES string of the molecule is CC(CC1CC1)Nc1ncccc1[N+](=O)[O-]. The Morgan fingerprint density at radius 3 is 3.06 bits per heavy atom. The van der Waals surface area contributed by atoms with Gasteiger partial charge in [-0.2, -0.15) is 0 Å². The van der Waals surface area contributed by atoms with Crippen molar-refractivity contribution in [2.45, 2.75) is 32.2 Å². The van der Waals surface area contributed by atoms with Crippen molar-refractivity contribution in [2.24, 2.45) is 5.92 Å². The molecule has 1 atom stereocenters. The fourth-order valence-electron chi connectivity index (χ4n) is 1.80. The predicted octanol–water partition coefficient (Wildman–Crippen LogP) is 2.59. The van der Waals surface area contributed by atoms with Gasteiger partial charge in [-0.25, -0.2) is 4.98 Å². The normalized spacial score (nSPS) is 16.8. The lowest BCUT2D eigenvalue weighted by atomic mass is 10.1. The largest absolute Gasteiger partial charge is 0.362 e. The minimum Gasteiger partial charge on any atom is -0.362 e. The summed E-state index contributed by atoms with van der Waals surface area (Å²) in [4.78, 5) is 14.4. The summed E-state index contributed by atoms with van der Waals surface area (Å²) in [6.07, 6.45) is 5.21. The Hall–Kier alpha value is -1.65. The number of hydrogen-bond donors (Lipinski definition) is 1. The van der Waals surface area contributed by atoms with Crippen molar-refractivity contribution in [3.63, 3.8) is 0 Å². The molecule has 1 saturated carbocycles. The van der Waals surface area contributed by atoms with Crippen LogP contribution in [0.25, 0.3) is 0 Å². The summed E-state index contributed by atoms with van der Waals surface area (Å²) in [6, 6.07) is 3.29. The topological polar surface area (TPSA) is 68.1 Å². The Labute approximate surface area is 94.0 Å². The van der Waals surface area contributed by atoms with Crippen LogP contribution in [0.1, 0.15) is 26.2 Å². The number of aromatic nitrogens is 1. The standard InChI is InChI=1S/C11H15N3O2/c1-8(7-9-4-5-9)13-11-10(14(15)16)3-2-6-12-11/h2-3,6,8-9H,4-5,7H2,1H3,(H,12,13). The van der Waals surface area contributed by atoms with Crippen molar-refractivity contribution in [1.82, 2.24) is 4.98 Å². The van der Waals surface area contributed by atoms with Crippen LogP contribution >= 0.6 is 0 Å². The predicted molar refractivity (Wildman–Crippen MR) is 61.3 cm³/mol. The maximum atomic E-state index is 10.8. The molecule has 0 bridgehead atoms. The Kier molecular flexibility index (Phi) is 3.03. The molecule has 5 nitrogen and oxygen atoms in total. The van der Waals surface area contributed by atoms with E-state index in [0.29, 0.717) is 5.82 Å². The summed E-state index contributed by atoms with van der Waals surface area (Å²) < 4.78 is 0. The summed E-state index contributed by atoms with van der Waals surface area (Å²) in [6.45, 7) is 2.04. The van der Waals surface area contributed by atoms with Gasteiger partial charge in [0.1, 0.15) is 0 Å². The molecule has 2 rings (SSSR count). The van der Waals surface area contributed by atoms with Crippen molar-refractivity contribution in [2.75, 3.05) is 5.32 Å². The minimum absolute atomic E-state index is 0.0464. The second-order valence-electron chi connectivity index (χ2n) is 4.35. The maximum Gasteiger partial charge on any atom is 0.311 e. The molecular weight excluding hydrogens is 206 g/mol. The van der Waals surface area contributed by atoms with E-state index in [0.717, 1.165) is 12.3 Å². The molecule has 1 N–H and O–H groups in total. The van der Waals surface area contributed by atoms with E-state index in [1.165, 1.54) is 18.9 Å². The van der Waals surface area contributed by atoms with Gasteiger partial charge in [0.25, 0.3) is 0 Å². The lowest BCUT2D eigenvalue weighted by Gasteiger charge is -2.13. The molecule has 16 heavy (non-hydrogen) atoms. The minimum atomic E-state index is -0.404. The van der Waals surface area contributed by atoms with E-state index in [1.807, 2.05) is 6.92 Å². The zero-order chi connectivity index (χ0) is 11.5. The van der Waals surface area contributed by atoms with Gasteiger partial charge in [0.15, 0.2) is 0 Å². The van der Waals surface area contributed by atoms with Gasteiger partial charge in [-0.3, -0.25) is 10.1 Å². The van der Waals surface area contributed by atoms with Crippen LogP contribution in [0, 0.1) is 16.0 Å². The summed E-state index contributed by atoms with van der Waals surface area (Å²) >= 11 is 0. The molecule has 1 aliphatic carbocycles. The Bertz CT molecular complexity index is 391. The molecule has 0 saturated heterocycles. The monoisotopic (exact) mass is 221 g/mol. The van der Waals surface area contributed by atoms with Crippen molar-refractivity contribution in [3.8, 4) is 0 Å². The van der Waals surface area contributed by atoms with Crippen molar-refractivity contribution >= 4 is 11.5 Å². The Balaban J connectivity index is 2.04. The van der Waals surface area contributed by atoms with Gasteiger partial charge in [0.05, 0.1) is 4.92 Å². The van der Waals surface area contributed by atoms with E-state index in [9.17, 15) is 10.1 Å². The highest BCUT2D eigenvalue weighted by Gasteiger charge is 2.24. The quantitative estimate of drug-likeness (QED) is 0.613. The highest BCUT2D eigenvalue weighted by molar-refractivity contribution is 5.55. The molecule has 1 heterocycles. The van der Waals surface area contributed by atoms with Crippen LogP contribution < -0.4 is 5.32 Å². The van der Waals surface area contributed by atoms with Crippen LogP contribution in [0.4, 0.5) is 11.5 Å². The van der Waals surface area contributed by atoms with Crippen LogP contribution in [0.2, 0.25) is 0 Å². The molecule has 1 fully saturated rings. The molecule has 1 aliphatic rings. The van der Waals surface area contributed by atoms with Gasteiger partial charge in [-0.05, 0) is 25.3 Å². The molecule has 0 aromatic carbocycles. The fourth-order valence-corrected chi connectivity index (χ4v) is 1.80. The Morgan fingerprint density at radius 1 is 1.69 bits per heavy atom. The average molecular weight is 221 g/mol. The van der Waals surface area contributed by atoms with Gasteiger partial charge in [-0.1, -0.05) is 12.8 Å². The van der Waals surface area contributed by atoms with Crippen LogP contribution in [-0.2, 0) is 0 Å². The van der Waals surface area contributed by atoms with Crippen LogP contribution in [0.5, 0.6) is 0 Å². The molecule has 5 heteroatoms. The summed E-state index contributed by atoms with van der Waals surface area (Å²) in [5.41, 5.74) is 0.0464. The number of nitro groups is 1. The number of hydrogen-bond acceptors (Lipinski definition) is 4. The third-order valence-electron chi connectivity index (χ3n) is 2.75. The van der Waals surface area contributed by atoms with Crippen molar-refractivity contribution in [3.05, 3.63) is 28.4 Å². The van der Waals surface area contributed by atoms with Gasteiger partial charge in [0.2, 0.25) is 5.82 Å². The van der Waals surface area contributed by atoms with E-state index in [4.69, 9.17) is 0 Å². The first kappa shape index (κ1) is 10.9. The zero-order valence-corrected chi connectivity index (χ0v) is 9.22. The lowest BCUT2D eigenvalue weighted by Crippen LogP contribution is -2.17. The molecule has 0 spiro atoms. The summed E-state index contributed by atoms with van der Waals surface area (Å²) in [5, 5.41) is 13.9. The average Bonchev–Trinajstić information content (AvgIpc) is 3.02. The van der Waals surface area contributed by atoms with E-state index in [2.05, 4.69) is 10.3 Å². The first-order chi connectivity index (χ1) is 7.66. The molecule has 0 radical (unpaired) electrons. The highest BCUT2D eigenvalue weighted by Crippen LogP contribution is 2.34. The van der Waals surface area contributed by atoms with Crippen LogP contribution in [-0.4, -0.2) is 15.9 Å². The fraction of sp³-hybridized carbons (Fsp3) is 0.545. The summed E-state index contributed by atoms with van der Waals surface area (Å²) in [7, 11) is 0. The van der Waals surface area contributed by atoms with Crippen LogP contribution in [0.3, 0.4) is 0 Å². The number of anilines is 1. The van der Waals surface area contributed by atoms with Crippen molar-refractivity contribution < 1.29 is 4.92 Å². The van der Waals surface area contributed by atoms with Gasteiger partial charge < -0.3 is 5.32 Å². The molecule has 1 unspecified atom stereocenters. The van der Waals surface area contributed by atoms with E-state index >= 15 is 0 Å². The molecule has 86 valence electrons. The first-order valence-electron chi connectivity index (χ1n) is 5.52. The van der Waals surface area contributed by atoms with Gasteiger partial charge >= 0.3 is 5.69 Å². The number of pyridine rings is 1. The Morgan fingerprint density at radius 2 is 2.44 bits per heavy atom. The third-order valence-corrected chi connectivity index (χ3v) is 2.75. The number of rotatable bonds is 5. The molecular formula is C11H15N3O2. The van der Waals surface area contributed by atoms with E-state index in [1.54, 1.807) is 12.3 Å². The van der Waals surface area contributed by atoms with E-state index < -0.39 is 4.92 Å². The van der Waals surface area contributed by atoms with Gasteiger partial charge in [-0.15, -0.1) is 0 Å². The van der Waals surface area contributed by atoms with E-state index in [-0.39, 0.29) is 11.7 Å². The number of nitrogens with zero attached hydrogens (tertiary/aromatic N) is 2. The third kappa shape index (κ3) is 2.68. The molecule has 0 aliphatic heterocycles. The smallest absolute Gasteiger partial charge is 0.311 e. The van der Waals surface area contributed by atoms with Crippen LogP contribution in [0.15, 0.2) is 18.3 Å². The molecule has 1 aromatic heterocycles. The first-order valence-corrected chi connectivity index (χ1v) is 5.52. The molecule has 1 aromatic rings. The zero-order valence-electron chi connectivity index (χ0n) is 9.22. The molecule has 0 amide bonds. The lowest BCUT2D eigenvalue weighted by molar-refractivity contribution is -0.384. The van der Waals surface area contributed by atoms with Gasteiger partial charge in [0, 0.05) is 18.3 Å². The highest BCUT2D eigenvalue weighted by atomic mass is 16.6. The number of nitrogens with one attached hydrogen (secondary N) is 1. The second-order valence-corrected chi connectivity index (χ2v) is 4.35. The second kappa shape index (κ2) is 4.47.